The third-order valence-electron chi connectivity index (χ3n) is 3.81. The smallest absolute Gasteiger partial charge is 0.174 e. The van der Waals surface area contributed by atoms with Gasteiger partial charge in [0, 0.05) is 18.8 Å². The summed E-state index contributed by atoms with van der Waals surface area (Å²) >= 11 is 5.64. The van der Waals surface area contributed by atoms with Gasteiger partial charge in [0.05, 0.1) is 19.4 Å². The van der Waals surface area contributed by atoms with Crippen LogP contribution in [0.15, 0.2) is 47.1 Å². The topological polar surface area (TPSA) is 40.9 Å². The molecule has 0 aliphatic heterocycles. The minimum Gasteiger partial charge on any atom is -0.497 e. The molecule has 0 spiro atoms. The summed E-state index contributed by atoms with van der Waals surface area (Å²) in [4.78, 5) is 4.27. The van der Waals surface area contributed by atoms with Crippen molar-refractivity contribution in [2.45, 2.75) is 13.0 Å². The van der Waals surface area contributed by atoms with E-state index >= 15 is 0 Å². The molecule has 2 rings (SSSR count). The molecular formula is C18H25N3O2S. The number of benzene rings is 1. The first-order valence-electron chi connectivity index (χ1n) is 7.91. The van der Waals surface area contributed by atoms with Crippen molar-refractivity contribution in [2.75, 3.05) is 39.6 Å². The molecule has 6 heteroatoms. The number of hydrogen-bond donors (Lipinski definition) is 1. The van der Waals surface area contributed by atoms with Crippen LogP contribution in [0.5, 0.6) is 5.75 Å². The zero-order valence-corrected chi connectivity index (χ0v) is 15.5. The van der Waals surface area contributed by atoms with Crippen LogP contribution in [0.3, 0.4) is 0 Å². The maximum absolute atomic E-state index is 5.64. The molecule has 5 nitrogen and oxygen atoms in total. The van der Waals surface area contributed by atoms with E-state index in [1.54, 1.807) is 13.4 Å². The molecule has 0 aliphatic rings. The van der Waals surface area contributed by atoms with Crippen LogP contribution in [0.2, 0.25) is 0 Å². The Labute approximate surface area is 149 Å². The molecule has 1 aromatic heterocycles. The summed E-state index contributed by atoms with van der Waals surface area (Å²) in [6, 6.07) is 11.6. The lowest BCUT2D eigenvalue weighted by atomic mass is 10.2. The van der Waals surface area contributed by atoms with Gasteiger partial charge in [-0.05, 0) is 69.6 Å². The average molecular weight is 347 g/mol. The second-order valence-corrected chi connectivity index (χ2v) is 6.23. The van der Waals surface area contributed by atoms with Crippen molar-refractivity contribution >= 4 is 23.0 Å². The Morgan fingerprint density at radius 1 is 1.21 bits per heavy atom. The van der Waals surface area contributed by atoms with Gasteiger partial charge in [-0.15, -0.1) is 0 Å². The average Bonchev–Trinajstić information content (AvgIpc) is 3.09. The fraction of sp³-hybridized carbons (Fsp3) is 0.389. The number of hydrogen-bond acceptors (Lipinski definition) is 4. The predicted octanol–water partition coefficient (Wildman–Crippen LogP) is 3.61. The van der Waals surface area contributed by atoms with Gasteiger partial charge < -0.3 is 24.3 Å². The number of likely N-dealkylation sites (N-methyl/N-ethyl adjacent to an activating group) is 1. The summed E-state index contributed by atoms with van der Waals surface area (Å²) < 4.78 is 10.7. The van der Waals surface area contributed by atoms with Gasteiger partial charge in [-0.25, -0.2) is 0 Å². The molecule has 1 atom stereocenters. The number of ether oxygens (including phenoxy) is 1. The Balaban J connectivity index is 2.10. The normalized spacial score (nSPS) is 12.0. The van der Waals surface area contributed by atoms with E-state index in [2.05, 4.69) is 36.1 Å². The molecule has 0 bridgehead atoms. The van der Waals surface area contributed by atoms with Crippen LogP contribution in [-0.2, 0) is 0 Å². The molecule has 2 aromatic rings. The largest absolute Gasteiger partial charge is 0.497 e. The zero-order chi connectivity index (χ0) is 17.5. The van der Waals surface area contributed by atoms with Crippen LogP contribution in [0.4, 0.5) is 5.69 Å². The van der Waals surface area contributed by atoms with E-state index in [0.29, 0.717) is 5.11 Å². The molecule has 1 N–H and O–H groups in total. The number of nitrogens with one attached hydrogen (secondary N) is 1. The summed E-state index contributed by atoms with van der Waals surface area (Å²) in [6.45, 7) is 3.79. The predicted molar refractivity (Wildman–Crippen MR) is 102 cm³/mol. The molecule has 0 radical (unpaired) electrons. The van der Waals surface area contributed by atoms with Gasteiger partial charge in [0.15, 0.2) is 5.11 Å². The highest BCUT2D eigenvalue weighted by Gasteiger charge is 2.21. The second-order valence-electron chi connectivity index (χ2n) is 5.85. The van der Waals surface area contributed by atoms with Crippen LogP contribution >= 0.6 is 12.2 Å². The van der Waals surface area contributed by atoms with Gasteiger partial charge in [0.2, 0.25) is 0 Å². The summed E-state index contributed by atoms with van der Waals surface area (Å²) in [5, 5.41) is 3.97. The van der Waals surface area contributed by atoms with Gasteiger partial charge in [-0.3, -0.25) is 0 Å². The van der Waals surface area contributed by atoms with E-state index in [4.69, 9.17) is 21.4 Å². The molecule has 0 amide bonds. The Kier molecular flexibility index (Phi) is 6.63. The summed E-state index contributed by atoms with van der Waals surface area (Å²) in [6.07, 6.45) is 1.69. The highest BCUT2D eigenvalue weighted by molar-refractivity contribution is 7.80. The quantitative estimate of drug-likeness (QED) is 0.772. The van der Waals surface area contributed by atoms with Gasteiger partial charge >= 0.3 is 0 Å². The van der Waals surface area contributed by atoms with Crippen molar-refractivity contribution in [1.29, 1.82) is 0 Å². The van der Waals surface area contributed by atoms with Crippen LogP contribution in [0.25, 0.3) is 0 Å². The maximum Gasteiger partial charge on any atom is 0.174 e. The minimum atomic E-state index is 0.0539. The second kappa shape index (κ2) is 8.70. The van der Waals surface area contributed by atoms with Crippen molar-refractivity contribution in [3.05, 3.63) is 48.4 Å². The van der Waals surface area contributed by atoms with Crippen LogP contribution < -0.4 is 10.1 Å². The number of furan rings is 1. The number of nitrogens with zero attached hydrogens (tertiary/aromatic N) is 2. The standard InChI is InChI=1S/C18H25N3O2S/c1-14(17-6-5-13-23-17)21(12-11-20(2)3)18(24)19-15-7-9-16(22-4)10-8-15/h5-10,13-14H,11-12H2,1-4H3,(H,19,24)/t14-/m0/s1. The third kappa shape index (κ3) is 4.97. The Hall–Kier alpha value is -2.05. The number of thiocarbonyl (C=S) groups is 1. The van der Waals surface area contributed by atoms with E-state index in [9.17, 15) is 0 Å². The highest BCUT2D eigenvalue weighted by atomic mass is 32.1. The van der Waals surface area contributed by atoms with Gasteiger partial charge in [0.1, 0.15) is 11.5 Å². The molecule has 130 valence electrons. The first kappa shape index (κ1) is 18.3. The van der Waals surface area contributed by atoms with Crippen LogP contribution in [0, 0.1) is 0 Å². The molecule has 1 heterocycles. The van der Waals surface area contributed by atoms with E-state index in [-0.39, 0.29) is 6.04 Å². The molecule has 0 aliphatic carbocycles. The number of rotatable bonds is 7. The zero-order valence-electron chi connectivity index (χ0n) is 14.7. The van der Waals surface area contributed by atoms with Crippen LogP contribution in [0.1, 0.15) is 18.7 Å². The first-order valence-corrected chi connectivity index (χ1v) is 8.32. The molecular weight excluding hydrogens is 322 g/mol. The van der Waals surface area contributed by atoms with E-state index in [0.717, 1.165) is 30.3 Å². The molecule has 0 saturated carbocycles. The first-order chi connectivity index (χ1) is 11.5. The third-order valence-corrected chi connectivity index (χ3v) is 4.15. The highest BCUT2D eigenvalue weighted by Crippen LogP contribution is 2.22. The van der Waals surface area contributed by atoms with E-state index in [1.807, 2.05) is 36.4 Å². The molecule has 0 unspecified atom stereocenters. The van der Waals surface area contributed by atoms with Gasteiger partial charge in [-0.2, -0.15) is 0 Å². The van der Waals surface area contributed by atoms with Crippen molar-refractivity contribution < 1.29 is 9.15 Å². The lowest BCUT2D eigenvalue weighted by molar-refractivity contribution is 0.263. The fourth-order valence-corrected chi connectivity index (χ4v) is 2.70. The molecule has 0 saturated heterocycles. The minimum absolute atomic E-state index is 0.0539. The molecule has 0 fully saturated rings. The summed E-state index contributed by atoms with van der Waals surface area (Å²) in [5.41, 5.74) is 0.933. The van der Waals surface area contributed by atoms with Crippen molar-refractivity contribution in [2.24, 2.45) is 0 Å². The maximum atomic E-state index is 5.64. The Morgan fingerprint density at radius 2 is 1.92 bits per heavy atom. The van der Waals surface area contributed by atoms with Gasteiger partial charge in [-0.1, -0.05) is 0 Å². The van der Waals surface area contributed by atoms with E-state index in [1.165, 1.54) is 0 Å². The lowest BCUT2D eigenvalue weighted by Crippen LogP contribution is -2.40. The Morgan fingerprint density at radius 3 is 2.46 bits per heavy atom. The monoisotopic (exact) mass is 347 g/mol. The summed E-state index contributed by atoms with van der Waals surface area (Å²) in [7, 11) is 5.76. The number of methoxy groups -OCH3 is 1. The summed E-state index contributed by atoms with van der Waals surface area (Å²) in [5.74, 6) is 1.72. The molecule has 24 heavy (non-hydrogen) atoms. The Bertz CT molecular complexity index is 626. The number of anilines is 1. The molecule has 1 aromatic carbocycles. The van der Waals surface area contributed by atoms with Crippen molar-refractivity contribution in [3.63, 3.8) is 0 Å². The van der Waals surface area contributed by atoms with E-state index < -0.39 is 0 Å². The fourth-order valence-electron chi connectivity index (χ4n) is 2.33. The van der Waals surface area contributed by atoms with Crippen LogP contribution in [-0.4, -0.2) is 49.2 Å². The van der Waals surface area contributed by atoms with Gasteiger partial charge in [0.25, 0.3) is 0 Å². The SMILES string of the molecule is COc1ccc(NC(=S)N(CCN(C)C)[C@@H](C)c2ccco2)cc1. The van der Waals surface area contributed by atoms with Crippen molar-refractivity contribution in [3.8, 4) is 5.75 Å². The lowest BCUT2D eigenvalue weighted by Gasteiger charge is -2.31. The van der Waals surface area contributed by atoms with Crippen molar-refractivity contribution in [1.82, 2.24) is 9.80 Å².